The van der Waals surface area contributed by atoms with Gasteiger partial charge >= 0.3 is 0 Å². The molecule has 2 aromatic carbocycles. The third kappa shape index (κ3) is 3.42. The minimum atomic E-state index is -0.157. The lowest BCUT2D eigenvalue weighted by Crippen LogP contribution is -2.24. The van der Waals surface area contributed by atoms with Crippen molar-refractivity contribution in [1.82, 2.24) is 5.32 Å². The predicted molar refractivity (Wildman–Crippen MR) is 87.6 cm³/mol. The van der Waals surface area contributed by atoms with E-state index >= 15 is 0 Å². The maximum atomic E-state index is 14.4. The van der Waals surface area contributed by atoms with Gasteiger partial charge in [-0.2, -0.15) is 0 Å². The first-order valence-electron chi connectivity index (χ1n) is 7.53. The summed E-state index contributed by atoms with van der Waals surface area (Å²) in [6.07, 6.45) is 0. The SMILES string of the molecule is CCNC(C)c1c(F)cccc1N(CC)c1ccccc1. The molecular formula is C18H23FN2. The van der Waals surface area contributed by atoms with E-state index in [0.29, 0.717) is 0 Å². The molecule has 0 saturated carbocycles. The Labute approximate surface area is 126 Å². The van der Waals surface area contributed by atoms with Gasteiger partial charge in [-0.05, 0) is 44.7 Å². The van der Waals surface area contributed by atoms with E-state index in [-0.39, 0.29) is 11.9 Å². The molecule has 2 aromatic rings. The molecule has 112 valence electrons. The largest absolute Gasteiger partial charge is 0.341 e. The molecule has 2 nitrogen and oxygen atoms in total. The summed E-state index contributed by atoms with van der Waals surface area (Å²) >= 11 is 0. The Morgan fingerprint density at radius 1 is 1.05 bits per heavy atom. The second-order valence-electron chi connectivity index (χ2n) is 5.03. The van der Waals surface area contributed by atoms with Crippen LogP contribution in [0.5, 0.6) is 0 Å². The fourth-order valence-electron chi connectivity index (χ4n) is 2.70. The number of anilines is 2. The molecule has 0 radical (unpaired) electrons. The Morgan fingerprint density at radius 3 is 2.38 bits per heavy atom. The van der Waals surface area contributed by atoms with Crippen LogP contribution >= 0.6 is 0 Å². The van der Waals surface area contributed by atoms with E-state index in [1.165, 1.54) is 6.07 Å². The van der Waals surface area contributed by atoms with Crippen LogP contribution in [0.2, 0.25) is 0 Å². The molecule has 0 aromatic heterocycles. The maximum Gasteiger partial charge on any atom is 0.130 e. The second kappa shape index (κ2) is 7.23. The molecule has 0 aliphatic carbocycles. The summed E-state index contributed by atoms with van der Waals surface area (Å²) in [7, 11) is 0. The second-order valence-corrected chi connectivity index (χ2v) is 5.03. The van der Waals surface area contributed by atoms with Crippen molar-refractivity contribution in [3.63, 3.8) is 0 Å². The van der Waals surface area contributed by atoms with Gasteiger partial charge in [-0.3, -0.25) is 0 Å². The standard InChI is InChI=1S/C18H23FN2/c1-4-20-14(3)18-16(19)12-9-13-17(18)21(5-2)15-10-7-6-8-11-15/h6-14,20H,4-5H2,1-3H3. The van der Waals surface area contributed by atoms with E-state index in [2.05, 4.69) is 29.3 Å². The number of hydrogen-bond donors (Lipinski definition) is 1. The van der Waals surface area contributed by atoms with E-state index in [0.717, 1.165) is 30.0 Å². The molecule has 0 aliphatic rings. The van der Waals surface area contributed by atoms with Crippen molar-refractivity contribution in [2.45, 2.75) is 26.8 Å². The molecule has 2 rings (SSSR count). The molecule has 0 saturated heterocycles. The van der Waals surface area contributed by atoms with Gasteiger partial charge in [0.15, 0.2) is 0 Å². The number of benzene rings is 2. The lowest BCUT2D eigenvalue weighted by Gasteiger charge is -2.28. The van der Waals surface area contributed by atoms with Crippen molar-refractivity contribution < 1.29 is 4.39 Å². The van der Waals surface area contributed by atoms with Crippen LogP contribution < -0.4 is 10.2 Å². The topological polar surface area (TPSA) is 15.3 Å². The molecule has 0 fully saturated rings. The zero-order valence-electron chi connectivity index (χ0n) is 12.9. The van der Waals surface area contributed by atoms with Gasteiger partial charge in [-0.1, -0.05) is 31.2 Å². The van der Waals surface area contributed by atoms with E-state index in [4.69, 9.17) is 0 Å². The lowest BCUT2D eigenvalue weighted by atomic mass is 10.0. The minimum absolute atomic E-state index is 0.0241. The molecule has 1 atom stereocenters. The normalized spacial score (nSPS) is 12.2. The van der Waals surface area contributed by atoms with Gasteiger partial charge in [0.1, 0.15) is 5.82 Å². The van der Waals surface area contributed by atoms with Crippen LogP contribution in [-0.2, 0) is 0 Å². The van der Waals surface area contributed by atoms with E-state index in [1.54, 1.807) is 6.07 Å². The molecule has 0 amide bonds. The number of rotatable bonds is 6. The van der Waals surface area contributed by atoms with Gasteiger partial charge in [0.05, 0.1) is 0 Å². The molecular weight excluding hydrogens is 263 g/mol. The Hall–Kier alpha value is -1.87. The van der Waals surface area contributed by atoms with Crippen molar-refractivity contribution in [3.8, 4) is 0 Å². The first-order valence-corrected chi connectivity index (χ1v) is 7.53. The van der Waals surface area contributed by atoms with Gasteiger partial charge in [-0.15, -0.1) is 0 Å². The summed E-state index contributed by atoms with van der Waals surface area (Å²) in [6, 6.07) is 15.4. The van der Waals surface area contributed by atoms with Crippen molar-refractivity contribution >= 4 is 11.4 Å². The molecule has 0 spiro atoms. The average Bonchev–Trinajstić information content (AvgIpc) is 2.49. The Bertz CT molecular complexity index is 569. The summed E-state index contributed by atoms with van der Waals surface area (Å²) in [4.78, 5) is 2.15. The molecule has 1 N–H and O–H groups in total. The smallest absolute Gasteiger partial charge is 0.130 e. The highest BCUT2D eigenvalue weighted by molar-refractivity contribution is 5.67. The Kier molecular flexibility index (Phi) is 5.34. The maximum absolute atomic E-state index is 14.4. The predicted octanol–water partition coefficient (Wildman–Crippen LogP) is 4.65. The lowest BCUT2D eigenvalue weighted by molar-refractivity contribution is 0.541. The average molecular weight is 286 g/mol. The highest BCUT2D eigenvalue weighted by Crippen LogP contribution is 2.33. The number of hydrogen-bond acceptors (Lipinski definition) is 2. The molecule has 0 aliphatic heterocycles. The van der Waals surface area contributed by atoms with Crippen LogP contribution in [-0.4, -0.2) is 13.1 Å². The van der Waals surface area contributed by atoms with Gasteiger partial charge < -0.3 is 10.2 Å². The summed E-state index contributed by atoms with van der Waals surface area (Å²) in [5.74, 6) is -0.157. The van der Waals surface area contributed by atoms with Crippen LogP contribution in [0.4, 0.5) is 15.8 Å². The third-order valence-corrected chi connectivity index (χ3v) is 3.65. The number of halogens is 1. The van der Waals surface area contributed by atoms with E-state index in [9.17, 15) is 4.39 Å². The van der Waals surface area contributed by atoms with Crippen LogP contribution in [0, 0.1) is 5.82 Å². The number of nitrogens with zero attached hydrogens (tertiary/aromatic N) is 1. The van der Waals surface area contributed by atoms with Crippen LogP contribution in [0.15, 0.2) is 48.5 Å². The van der Waals surface area contributed by atoms with E-state index in [1.807, 2.05) is 38.1 Å². The number of nitrogens with one attached hydrogen (secondary N) is 1. The summed E-state index contributed by atoms with van der Waals surface area (Å²) < 4.78 is 14.4. The Balaban J connectivity index is 2.49. The summed E-state index contributed by atoms with van der Waals surface area (Å²) in [5.41, 5.74) is 2.73. The fourth-order valence-corrected chi connectivity index (χ4v) is 2.70. The van der Waals surface area contributed by atoms with Gasteiger partial charge in [0, 0.05) is 29.5 Å². The third-order valence-electron chi connectivity index (χ3n) is 3.65. The summed E-state index contributed by atoms with van der Waals surface area (Å²) in [6.45, 7) is 7.72. The minimum Gasteiger partial charge on any atom is -0.341 e. The van der Waals surface area contributed by atoms with Crippen molar-refractivity contribution in [2.75, 3.05) is 18.0 Å². The fraction of sp³-hybridized carbons (Fsp3) is 0.333. The zero-order valence-corrected chi connectivity index (χ0v) is 12.9. The van der Waals surface area contributed by atoms with Crippen molar-refractivity contribution in [1.29, 1.82) is 0 Å². The molecule has 0 bridgehead atoms. The first kappa shape index (κ1) is 15.5. The molecule has 1 unspecified atom stereocenters. The quantitative estimate of drug-likeness (QED) is 0.831. The highest BCUT2D eigenvalue weighted by atomic mass is 19.1. The van der Waals surface area contributed by atoms with Crippen LogP contribution in [0.25, 0.3) is 0 Å². The van der Waals surface area contributed by atoms with E-state index < -0.39 is 0 Å². The highest BCUT2D eigenvalue weighted by Gasteiger charge is 2.19. The van der Waals surface area contributed by atoms with Gasteiger partial charge in [0.2, 0.25) is 0 Å². The molecule has 0 heterocycles. The molecule has 21 heavy (non-hydrogen) atoms. The monoisotopic (exact) mass is 286 g/mol. The zero-order chi connectivity index (χ0) is 15.2. The Morgan fingerprint density at radius 2 is 1.76 bits per heavy atom. The van der Waals surface area contributed by atoms with Crippen LogP contribution in [0.1, 0.15) is 32.4 Å². The van der Waals surface area contributed by atoms with Crippen molar-refractivity contribution in [3.05, 3.63) is 59.9 Å². The molecule has 3 heteroatoms. The van der Waals surface area contributed by atoms with Gasteiger partial charge in [-0.25, -0.2) is 4.39 Å². The van der Waals surface area contributed by atoms with Crippen molar-refractivity contribution in [2.24, 2.45) is 0 Å². The van der Waals surface area contributed by atoms with Gasteiger partial charge in [0.25, 0.3) is 0 Å². The number of para-hydroxylation sites is 1. The first-order chi connectivity index (χ1) is 10.2. The summed E-state index contributed by atoms with van der Waals surface area (Å²) in [5, 5.41) is 3.31. The van der Waals surface area contributed by atoms with Crippen LogP contribution in [0.3, 0.4) is 0 Å².